The average Bonchev–Trinajstić information content (AvgIpc) is 2.27. The number of nitrogens with one attached hydrogen (secondary N) is 1. The van der Waals surface area contributed by atoms with Crippen molar-refractivity contribution in [2.75, 3.05) is 6.54 Å². The molecule has 0 fully saturated rings. The molecule has 1 heterocycles. The van der Waals surface area contributed by atoms with E-state index in [4.69, 9.17) is 5.53 Å². The van der Waals surface area contributed by atoms with Gasteiger partial charge in [-0.05, 0) is 18.4 Å². The Hall–Kier alpha value is -2.01. The molecule has 0 spiro atoms. The topological polar surface area (TPSA) is 104 Å². The van der Waals surface area contributed by atoms with Gasteiger partial charge < -0.3 is 4.57 Å². The number of rotatable bonds is 5. The van der Waals surface area contributed by atoms with E-state index in [-0.39, 0.29) is 5.56 Å². The van der Waals surface area contributed by atoms with Gasteiger partial charge in [0.1, 0.15) is 0 Å². The SMILES string of the molecule is CCc1cn(CCCN=[N+]=[N-])c(=O)[nH]c1=O. The van der Waals surface area contributed by atoms with Crippen LogP contribution in [0.2, 0.25) is 0 Å². The molecule has 16 heavy (non-hydrogen) atoms. The Kier molecular flexibility index (Phi) is 4.35. The summed E-state index contributed by atoms with van der Waals surface area (Å²) in [4.78, 5) is 27.5. The molecule has 7 heteroatoms. The highest BCUT2D eigenvalue weighted by Crippen LogP contribution is 1.92. The minimum atomic E-state index is -0.428. The Balaban J connectivity index is 2.83. The molecule has 0 atom stereocenters. The van der Waals surface area contributed by atoms with E-state index in [0.29, 0.717) is 31.5 Å². The van der Waals surface area contributed by atoms with E-state index in [1.54, 1.807) is 6.20 Å². The molecule has 0 unspecified atom stereocenters. The molecule has 0 aliphatic carbocycles. The van der Waals surface area contributed by atoms with Crippen LogP contribution in [0.3, 0.4) is 0 Å². The second-order valence-electron chi connectivity index (χ2n) is 3.27. The summed E-state index contributed by atoms with van der Waals surface area (Å²) in [5.74, 6) is 0. The van der Waals surface area contributed by atoms with E-state index in [9.17, 15) is 9.59 Å². The number of nitrogens with zero attached hydrogens (tertiary/aromatic N) is 4. The van der Waals surface area contributed by atoms with Gasteiger partial charge in [-0.3, -0.25) is 9.78 Å². The van der Waals surface area contributed by atoms with Gasteiger partial charge in [-0.15, -0.1) is 0 Å². The van der Waals surface area contributed by atoms with Crippen molar-refractivity contribution < 1.29 is 0 Å². The standard InChI is InChI=1S/C9H13N5O2/c1-2-7-6-14(5-3-4-11-13-10)9(16)12-8(7)15/h6H,2-5H2,1H3,(H,12,15,16). The average molecular weight is 223 g/mol. The first-order valence-electron chi connectivity index (χ1n) is 5.02. The minimum absolute atomic E-state index is 0.334. The zero-order valence-electron chi connectivity index (χ0n) is 9.01. The van der Waals surface area contributed by atoms with Crippen LogP contribution in [-0.2, 0) is 13.0 Å². The first-order chi connectivity index (χ1) is 7.69. The predicted octanol–water partition coefficient (Wildman–Crippen LogP) is 0.799. The lowest BCUT2D eigenvalue weighted by molar-refractivity contribution is 0.605. The smallest absolute Gasteiger partial charge is 0.300 e. The van der Waals surface area contributed by atoms with Crippen LogP contribution < -0.4 is 11.2 Å². The highest BCUT2D eigenvalue weighted by molar-refractivity contribution is 5.03. The summed E-state index contributed by atoms with van der Waals surface area (Å²) < 4.78 is 1.42. The van der Waals surface area contributed by atoms with Crippen molar-refractivity contribution in [3.05, 3.63) is 43.0 Å². The van der Waals surface area contributed by atoms with Gasteiger partial charge in [-0.25, -0.2) is 4.79 Å². The molecule has 0 saturated heterocycles. The molecule has 0 aliphatic heterocycles. The van der Waals surface area contributed by atoms with E-state index < -0.39 is 5.69 Å². The molecule has 0 bridgehead atoms. The van der Waals surface area contributed by atoms with Gasteiger partial charge >= 0.3 is 5.69 Å². The van der Waals surface area contributed by atoms with Crippen molar-refractivity contribution in [1.29, 1.82) is 0 Å². The third-order valence-corrected chi connectivity index (χ3v) is 2.19. The van der Waals surface area contributed by atoms with E-state index in [1.807, 2.05) is 6.92 Å². The van der Waals surface area contributed by atoms with E-state index in [2.05, 4.69) is 15.0 Å². The number of aryl methyl sites for hydroxylation is 2. The van der Waals surface area contributed by atoms with Gasteiger partial charge in [0, 0.05) is 29.8 Å². The number of hydrogen-bond donors (Lipinski definition) is 1. The van der Waals surface area contributed by atoms with Crippen molar-refractivity contribution in [3.8, 4) is 0 Å². The Bertz CT molecular complexity index is 509. The van der Waals surface area contributed by atoms with Crippen molar-refractivity contribution in [3.63, 3.8) is 0 Å². The molecule has 1 N–H and O–H groups in total. The first kappa shape index (κ1) is 12.1. The van der Waals surface area contributed by atoms with Gasteiger partial charge in [0.05, 0.1) is 0 Å². The van der Waals surface area contributed by atoms with E-state index in [0.717, 1.165) is 0 Å². The van der Waals surface area contributed by atoms with Crippen LogP contribution in [0.15, 0.2) is 20.9 Å². The van der Waals surface area contributed by atoms with Gasteiger partial charge in [-0.2, -0.15) is 0 Å². The number of hydrogen-bond acceptors (Lipinski definition) is 3. The fourth-order valence-corrected chi connectivity index (χ4v) is 1.33. The fourth-order valence-electron chi connectivity index (χ4n) is 1.33. The summed E-state index contributed by atoms with van der Waals surface area (Å²) in [6.45, 7) is 2.62. The van der Waals surface area contributed by atoms with Crippen molar-refractivity contribution in [2.45, 2.75) is 26.3 Å². The van der Waals surface area contributed by atoms with Crippen molar-refractivity contribution in [1.82, 2.24) is 9.55 Å². The molecule has 1 aromatic heterocycles. The molecule has 0 aromatic carbocycles. The summed E-state index contributed by atoms with van der Waals surface area (Å²) in [5, 5.41) is 3.37. The highest BCUT2D eigenvalue weighted by atomic mass is 16.2. The number of H-pyrrole nitrogens is 1. The fraction of sp³-hybridized carbons (Fsp3) is 0.556. The number of aromatic nitrogens is 2. The van der Waals surface area contributed by atoms with Gasteiger partial charge in [-0.1, -0.05) is 12.0 Å². The highest BCUT2D eigenvalue weighted by Gasteiger charge is 2.01. The van der Waals surface area contributed by atoms with Crippen LogP contribution in [0, 0.1) is 0 Å². The lowest BCUT2D eigenvalue weighted by Gasteiger charge is -2.04. The quantitative estimate of drug-likeness (QED) is 0.345. The molecule has 1 rings (SSSR count). The predicted molar refractivity (Wildman–Crippen MR) is 59.3 cm³/mol. The van der Waals surface area contributed by atoms with Crippen molar-refractivity contribution in [2.24, 2.45) is 5.11 Å². The zero-order chi connectivity index (χ0) is 12.0. The molecule has 1 aromatic rings. The summed E-state index contributed by atoms with van der Waals surface area (Å²) in [6, 6.07) is 0. The molecule has 0 saturated carbocycles. The maximum absolute atomic E-state index is 11.4. The zero-order valence-corrected chi connectivity index (χ0v) is 9.01. The van der Waals surface area contributed by atoms with Crippen LogP contribution >= 0.6 is 0 Å². The third-order valence-electron chi connectivity index (χ3n) is 2.19. The Morgan fingerprint density at radius 2 is 2.31 bits per heavy atom. The third kappa shape index (κ3) is 2.99. The Morgan fingerprint density at radius 3 is 2.94 bits per heavy atom. The lowest BCUT2D eigenvalue weighted by Crippen LogP contribution is -2.31. The van der Waals surface area contributed by atoms with E-state index in [1.165, 1.54) is 4.57 Å². The van der Waals surface area contributed by atoms with Gasteiger partial charge in [0.2, 0.25) is 0 Å². The van der Waals surface area contributed by atoms with Crippen LogP contribution in [0.25, 0.3) is 10.4 Å². The number of azide groups is 1. The summed E-state index contributed by atoms with van der Waals surface area (Å²) >= 11 is 0. The largest absolute Gasteiger partial charge is 0.328 e. The molecular weight excluding hydrogens is 210 g/mol. The summed E-state index contributed by atoms with van der Waals surface area (Å²) in [7, 11) is 0. The first-order valence-corrected chi connectivity index (χ1v) is 5.02. The Morgan fingerprint density at radius 1 is 1.56 bits per heavy atom. The Labute approximate surface area is 91.4 Å². The van der Waals surface area contributed by atoms with Gasteiger partial charge in [0.15, 0.2) is 0 Å². The maximum atomic E-state index is 11.4. The lowest BCUT2D eigenvalue weighted by atomic mass is 10.2. The molecule has 0 radical (unpaired) electrons. The van der Waals surface area contributed by atoms with E-state index >= 15 is 0 Å². The van der Waals surface area contributed by atoms with Crippen LogP contribution in [-0.4, -0.2) is 16.1 Å². The summed E-state index contributed by atoms with van der Waals surface area (Å²) in [6.07, 6.45) is 2.70. The molecule has 0 amide bonds. The molecular formula is C9H13N5O2. The van der Waals surface area contributed by atoms with Gasteiger partial charge in [0.25, 0.3) is 5.56 Å². The molecule has 86 valence electrons. The van der Waals surface area contributed by atoms with Crippen LogP contribution in [0.1, 0.15) is 18.9 Å². The minimum Gasteiger partial charge on any atom is -0.300 e. The summed E-state index contributed by atoms with van der Waals surface area (Å²) in [5.41, 5.74) is 7.89. The monoisotopic (exact) mass is 223 g/mol. The maximum Gasteiger partial charge on any atom is 0.328 e. The van der Waals surface area contributed by atoms with Crippen LogP contribution in [0.4, 0.5) is 0 Å². The number of aromatic amines is 1. The van der Waals surface area contributed by atoms with Crippen LogP contribution in [0.5, 0.6) is 0 Å². The second kappa shape index (κ2) is 5.77. The molecule has 0 aliphatic rings. The molecule has 7 nitrogen and oxygen atoms in total. The normalized spacial score (nSPS) is 9.81. The second-order valence-corrected chi connectivity index (χ2v) is 3.27. The van der Waals surface area contributed by atoms with Crippen molar-refractivity contribution >= 4 is 0 Å².